The Labute approximate surface area is 219 Å². The van der Waals surface area contributed by atoms with Gasteiger partial charge in [-0.1, -0.05) is 35.2 Å². The molecule has 1 aliphatic carbocycles. The zero-order chi connectivity index (χ0) is 25.1. The van der Waals surface area contributed by atoms with Gasteiger partial charge in [0.1, 0.15) is 5.82 Å². The van der Waals surface area contributed by atoms with Gasteiger partial charge in [0.15, 0.2) is 17.6 Å². The first-order valence-corrected chi connectivity index (χ1v) is 12.9. The van der Waals surface area contributed by atoms with Crippen LogP contribution in [0.2, 0.25) is 0 Å². The number of ether oxygens (including phenoxy) is 2. The number of aliphatic carboxylic acids is 1. The molecule has 0 bridgehead atoms. The molecule has 1 aromatic heterocycles. The molecule has 0 saturated heterocycles. The predicted molar refractivity (Wildman–Crippen MR) is 141 cm³/mol. The van der Waals surface area contributed by atoms with E-state index >= 15 is 0 Å². The molecule has 8 nitrogen and oxygen atoms in total. The van der Waals surface area contributed by atoms with Gasteiger partial charge in [0.25, 0.3) is 5.56 Å². The molecule has 1 fully saturated rings. The fourth-order valence-corrected chi connectivity index (χ4v) is 4.95. The minimum atomic E-state index is -1.08. The van der Waals surface area contributed by atoms with E-state index in [9.17, 15) is 9.59 Å². The molecule has 0 unspecified atom stereocenters. The average Bonchev–Trinajstić information content (AvgIpc) is 2.85. The first kappa shape index (κ1) is 25.4. The number of hydrogen-bond donors (Lipinski definition) is 1. The molecule has 1 heterocycles. The highest BCUT2D eigenvalue weighted by molar-refractivity contribution is 9.10. The lowest BCUT2D eigenvalue weighted by Gasteiger charge is -2.22. The van der Waals surface area contributed by atoms with Gasteiger partial charge < -0.3 is 14.6 Å². The molecule has 0 aliphatic heterocycles. The second-order valence-electron chi connectivity index (χ2n) is 8.45. The summed E-state index contributed by atoms with van der Waals surface area (Å²) in [4.78, 5) is 29.5. The topological polar surface area (TPSA) is 103 Å². The third kappa shape index (κ3) is 5.59. The Bertz CT molecular complexity index is 1350. The Morgan fingerprint density at radius 1 is 1.20 bits per heavy atom. The van der Waals surface area contributed by atoms with Crippen LogP contribution in [0.3, 0.4) is 0 Å². The molecule has 0 amide bonds. The van der Waals surface area contributed by atoms with Crippen molar-refractivity contribution in [3.63, 3.8) is 0 Å². The van der Waals surface area contributed by atoms with Crippen molar-refractivity contribution in [3.8, 4) is 11.5 Å². The summed E-state index contributed by atoms with van der Waals surface area (Å²) in [5.41, 5.74) is 1.06. The predicted octanol–water partition coefficient (Wildman–Crippen LogP) is 5.71. The van der Waals surface area contributed by atoms with Crippen LogP contribution in [0.25, 0.3) is 10.9 Å². The number of carbonyl (C=O) groups is 1. The van der Waals surface area contributed by atoms with Crippen molar-refractivity contribution in [1.29, 1.82) is 0 Å². The van der Waals surface area contributed by atoms with E-state index in [4.69, 9.17) is 19.6 Å². The van der Waals surface area contributed by atoms with Crippen LogP contribution in [0, 0.1) is 0 Å². The van der Waals surface area contributed by atoms with Crippen LogP contribution >= 0.6 is 31.9 Å². The Balaban J connectivity index is 1.79. The van der Waals surface area contributed by atoms with E-state index in [2.05, 4.69) is 37.0 Å². The summed E-state index contributed by atoms with van der Waals surface area (Å²) >= 11 is 6.93. The number of methoxy groups -OCH3 is 1. The van der Waals surface area contributed by atoms with Crippen LogP contribution in [0.5, 0.6) is 11.5 Å². The minimum absolute atomic E-state index is 0.160. The summed E-state index contributed by atoms with van der Waals surface area (Å²) in [6, 6.07) is 8.79. The molecule has 1 saturated carbocycles. The molecule has 0 radical (unpaired) electrons. The highest BCUT2D eigenvalue weighted by Gasteiger charge is 2.23. The fourth-order valence-electron chi connectivity index (χ4n) is 4.16. The molecule has 3 aromatic rings. The molecule has 35 heavy (non-hydrogen) atoms. The number of fused-ring (bicyclic) bond motifs is 1. The van der Waals surface area contributed by atoms with Crippen molar-refractivity contribution in [2.75, 3.05) is 7.11 Å². The van der Waals surface area contributed by atoms with Crippen LogP contribution in [-0.2, 0) is 4.79 Å². The van der Waals surface area contributed by atoms with E-state index < -0.39 is 12.1 Å². The lowest BCUT2D eigenvalue weighted by atomic mass is 9.88. The SMILES string of the molecule is COc1cc(C=Nn2c(C3CCCCC3)nc3ccc(Br)cc3c2=O)c(Br)cc1O[C@@H](C)C(=O)O. The van der Waals surface area contributed by atoms with E-state index in [-0.39, 0.29) is 17.2 Å². The van der Waals surface area contributed by atoms with Crippen molar-refractivity contribution in [1.82, 2.24) is 9.66 Å². The smallest absolute Gasteiger partial charge is 0.344 e. The number of benzene rings is 2. The molecular weight excluding hydrogens is 582 g/mol. The lowest BCUT2D eigenvalue weighted by Crippen LogP contribution is -2.25. The van der Waals surface area contributed by atoms with E-state index in [0.29, 0.717) is 32.5 Å². The van der Waals surface area contributed by atoms with E-state index in [1.54, 1.807) is 24.4 Å². The lowest BCUT2D eigenvalue weighted by molar-refractivity contribution is -0.144. The second kappa shape index (κ2) is 10.9. The standard InChI is InChI=1S/C25H25Br2N3O5/c1-14(25(32)33)35-22-12-19(27)16(10-21(22)34-2)13-28-30-23(15-6-4-3-5-7-15)29-20-9-8-17(26)11-18(20)24(30)31/h8-15H,3-7H2,1-2H3,(H,32,33)/t14-/m0/s1. The van der Waals surface area contributed by atoms with Crippen LogP contribution in [-0.4, -0.2) is 40.2 Å². The molecule has 4 rings (SSSR count). The molecular formula is C25H25Br2N3O5. The largest absolute Gasteiger partial charge is 0.493 e. The highest BCUT2D eigenvalue weighted by atomic mass is 79.9. The highest BCUT2D eigenvalue weighted by Crippen LogP contribution is 2.34. The van der Waals surface area contributed by atoms with Crippen LogP contribution in [0.1, 0.15) is 56.3 Å². The van der Waals surface area contributed by atoms with Crippen molar-refractivity contribution < 1.29 is 19.4 Å². The Kier molecular flexibility index (Phi) is 7.91. The van der Waals surface area contributed by atoms with Crippen molar-refractivity contribution >= 4 is 54.9 Å². The zero-order valence-corrected chi connectivity index (χ0v) is 22.5. The number of halogens is 2. The molecule has 2 aromatic carbocycles. The van der Waals surface area contributed by atoms with Gasteiger partial charge in [-0.15, -0.1) is 0 Å². The third-order valence-electron chi connectivity index (χ3n) is 6.05. The molecule has 10 heteroatoms. The van der Waals surface area contributed by atoms with Gasteiger partial charge in [0, 0.05) is 20.4 Å². The molecule has 184 valence electrons. The number of hydrogen-bond acceptors (Lipinski definition) is 6. The van der Waals surface area contributed by atoms with Crippen molar-refractivity contribution in [2.24, 2.45) is 5.10 Å². The maximum Gasteiger partial charge on any atom is 0.344 e. The summed E-state index contributed by atoms with van der Waals surface area (Å²) < 4.78 is 13.7. The number of rotatable bonds is 7. The molecule has 1 aliphatic rings. The van der Waals surface area contributed by atoms with Gasteiger partial charge in [-0.3, -0.25) is 4.79 Å². The Hall–Kier alpha value is -2.72. The first-order valence-electron chi connectivity index (χ1n) is 11.3. The average molecular weight is 607 g/mol. The fraction of sp³-hybridized carbons (Fsp3) is 0.360. The second-order valence-corrected chi connectivity index (χ2v) is 10.2. The number of carboxylic acid groups (broad SMARTS) is 1. The monoisotopic (exact) mass is 605 g/mol. The third-order valence-corrected chi connectivity index (χ3v) is 7.23. The molecule has 1 atom stereocenters. The van der Waals surface area contributed by atoms with Crippen LogP contribution in [0.15, 0.2) is 49.2 Å². The Morgan fingerprint density at radius 2 is 1.94 bits per heavy atom. The van der Waals surface area contributed by atoms with E-state index in [0.717, 1.165) is 30.2 Å². The summed E-state index contributed by atoms with van der Waals surface area (Å²) in [5, 5.41) is 14.2. The summed E-state index contributed by atoms with van der Waals surface area (Å²) in [6.45, 7) is 1.44. The van der Waals surface area contributed by atoms with Gasteiger partial charge in [-0.25, -0.2) is 9.78 Å². The van der Waals surface area contributed by atoms with E-state index in [1.165, 1.54) is 25.1 Å². The van der Waals surface area contributed by atoms with E-state index in [1.807, 2.05) is 12.1 Å². The van der Waals surface area contributed by atoms with Gasteiger partial charge in [0.05, 0.1) is 24.2 Å². The number of carboxylic acids is 1. The van der Waals surface area contributed by atoms with Gasteiger partial charge in [0.2, 0.25) is 0 Å². The minimum Gasteiger partial charge on any atom is -0.493 e. The van der Waals surface area contributed by atoms with Crippen molar-refractivity contribution in [2.45, 2.75) is 51.0 Å². The zero-order valence-electron chi connectivity index (χ0n) is 19.3. The normalized spacial score (nSPS) is 15.4. The molecule has 0 spiro atoms. The van der Waals surface area contributed by atoms with Gasteiger partial charge in [-0.05, 0) is 66.0 Å². The van der Waals surface area contributed by atoms with Gasteiger partial charge >= 0.3 is 5.97 Å². The van der Waals surface area contributed by atoms with Gasteiger partial charge in [-0.2, -0.15) is 9.78 Å². The number of aromatic nitrogens is 2. The first-order chi connectivity index (χ1) is 16.8. The summed E-state index contributed by atoms with van der Waals surface area (Å²) in [7, 11) is 1.47. The molecule has 1 N–H and O–H groups in total. The quantitative estimate of drug-likeness (QED) is 0.346. The van der Waals surface area contributed by atoms with Crippen molar-refractivity contribution in [3.05, 3.63) is 61.0 Å². The maximum absolute atomic E-state index is 13.5. The van der Waals surface area contributed by atoms with Crippen LogP contribution < -0.4 is 15.0 Å². The summed E-state index contributed by atoms with van der Waals surface area (Å²) in [6.07, 6.45) is 5.84. The maximum atomic E-state index is 13.5. The van der Waals surface area contributed by atoms with Crippen LogP contribution in [0.4, 0.5) is 0 Å². The summed E-state index contributed by atoms with van der Waals surface area (Å²) in [5.74, 6) is 0.373. The number of nitrogens with zero attached hydrogens (tertiary/aromatic N) is 3. The Morgan fingerprint density at radius 3 is 2.63 bits per heavy atom.